The van der Waals surface area contributed by atoms with Crippen LogP contribution in [0.2, 0.25) is 0 Å². The first kappa shape index (κ1) is 27.7. The van der Waals surface area contributed by atoms with Crippen LogP contribution in [-0.2, 0) is 24.4 Å². The Morgan fingerprint density at radius 3 is 2.43 bits per heavy atom. The van der Waals surface area contributed by atoms with E-state index in [1.54, 1.807) is 11.6 Å². The van der Waals surface area contributed by atoms with Crippen molar-refractivity contribution in [3.63, 3.8) is 0 Å². The fourth-order valence-electron chi connectivity index (χ4n) is 4.89. The Kier molecular flexibility index (Phi) is 8.29. The highest BCUT2D eigenvalue weighted by Crippen LogP contribution is 2.36. The van der Waals surface area contributed by atoms with E-state index in [2.05, 4.69) is 35.8 Å². The zero-order valence-corrected chi connectivity index (χ0v) is 22.8. The van der Waals surface area contributed by atoms with Gasteiger partial charge in [-0.05, 0) is 52.4 Å². The molecule has 0 fully saturated rings. The van der Waals surface area contributed by atoms with Crippen LogP contribution in [-0.4, -0.2) is 21.9 Å². The summed E-state index contributed by atoms with van der Waals surface area (Å²) in [7, 11) is 0. The predicted molar refractivity (Wildman–Crippen MR) is 162 cm³/mol. The van der Waals surface area contributed by atoms with Crippen LogP contribution in [0, 0.1) is 12.3 Å². The molecule has 208 valence electrons. The molecule has 12 heteroatoms. The number of para-hydroxylation sites is 1. The van der Waals surface area contributed by atoms with Crippen LogP contribution in [0.3, 0.4) is 0 Å². The zero-order chi connectivity index (χ0) is 29.5. The number of hydrogen-bond acceptors (Lipinski definition) is 6. The lowest BCUT2D eigenvalue weighted by Crippen LogP contribution is -2.22. The highest BCUT2D eigenvalue weighted by atomic mass is 16.1. The molecular weight excluding hydrogens is 530 g/mol. The van der Waals surface area contributed by atoms with Crippen molar-refractivity contribution in [3.8, 4) is 0 Å². The van der Waals surface area contributed by atoms with Gasteiger partial charge in [-0.2, -0.15) is 5.10 Å². The van der Waals surface area contributed by atoms with Crippen molar-refractivity contribution in [2.24, 2.45) is 10.2 Å². The molecule has 1 unspecified atom stereocenters. The van der Waals surface area contributed by atoms with Crippen molar-refractivity contribution in [3.05, 3.63) is 139 Å². The molecule has 5 rings (SSSR count). The van der Waals surface area contributed by atoms with Gasteiger partial charge < -0.3 is 16.0 Å². The minimum atomic E-state index is -0.311. The van der Waals surface area contributed by atoms with E-state index in [-0.39, 0.29) is 25.0 Å². The van der Waals surface area contributed by atoms with Gasteiger partial charge in [-0.15, -0.1) is 0 Å². The number of amides is 1. The lowest BCUT2D eigenvalue weighted by Gasteiger charge is -2.26. The van der Waals surface area contributed by atoms with Crippen molar-refractivity contribution in [2.45, 2.75) is 32.6 Å². The summed E-state index contributed by atoms with van der Waals surface area (Å²) in [5, 5.41) is 26.0. The lowest BCUT2D eigenvalue weighted by molar-refractivity contribution is -0.111. The Hall–Kier alpha value is -5.83. The number of aromatic nitrogens is 2. The first-order valence-corrected chi connectivity index (χ1v) is 13.2. The molecule has 1 amide bonds. The number of azide groups is 2. The maximum Gasteiger partial charge on any atom is 0.256 e. The largest absolute Gasteiger partial charge is 0.374 e. The Labute approximate surface area is 241 Å². The van der Waals surface area contributed by atoms with Crippen LogP contribution in [0.15, 0.2) is 89.1 Å². The molecule has 3 N–H and O–H groups in total. The van der Waals surface area contributed by atoms with E-state index in [1.165, 1.54) is 6.21 Å². The summed E-state index contributed by atoms with van der Waals surface area (Å²) in [6.45, 7) is 2.48. The fourth-order valence-corrected chi connectivity index (χ4v) is 4.89. The summed E-state index contributed by atoms with van der Waals surface area (Å²) in [5.41, 5.74) is 25.0. The van der Waals surface area contributed by atoms with E-state index >= 15 is 0 Å². The number of aryl methyl sites for hydroxylation is 1. The topological polar surface area (TPSA) is 180 Å². The Bertz CT molecular complexity index is 1760. The van der Waals surface area contributed by atoms with E-state index in [9.17, 15) is 4.79 Å². The van der Waals surface area contributed by atoms with Gasteiger partial charge in [-0.25, -0.2) is 0 Å². The van der Waals surface area contributed by atoms with Gasteiger partial charge >= 0.3 is 0 Å². The molecule has 0 radical (unpaired) electrons. The molecule has 0 saturated carbocycles. The number of carbonyl (C=O) groups excluding carboxylic acids is 1. The van der Waals surface area contributed by atoms with E-state index in [0.717, 1.165) is 33.5 Å². The quantitative estimate of drug-likeness (QED) is 0.0819. The Balaban J connectivity index is 1.46. The average molecular weight is 558 g/mol. The van der Waals surface area contributed by atoms with Crippen LogP contribution in [0.5, 0.6) is 0 Å². The second-order valence-corrected chi connectivity index (χ2v) is 9.67. The number of hydrogen-bond donors (Lipinski definition) is 3. The predicted octanol–water partition coefficient (Wildman–Crippen LogP) is 7.05. The molecule has 42 heavy (non-hydrogen) atoms. The second kappa shape index (κ2) is 12.6. The number of anilines is 2. The lowest BCUT2D eigenvalue weighted by atomic mass is 9.92. The van der Waals surface area contributed by atoms with Crippen LogP contribution in [0.1, 0.15) is 45.2 Å². The number of nitrogens with zero attached hydrogens (tertiary/aromatic N) is 8. The first-order chi connectivity index (χ1) is 20.5. The summed E-state index contributed by atoms with van der Waals surface area (Å²) in [4.78, 5) is 19.6. The van der Waals surface area contributed by atoms with Gasteiger partial charge in [0.15, 0.2) is 0 Å². The maximum atomic E-state index is 13.9. The van der Waals surface area contributed by atoms with E-state index in [0.29, 0.717) is 29.2 Å². The Morgan fingerprint density at radius 1 is 1.02 bits per heavy atom. The third-order valence-corrected chi connectivity index (χ3v) is 7.00. The Morgan fingerprint density at radius 2 is 1.71 bits per heavy atom. The van der Waals surface area contributed by atoms with Gasteiger partial charge in [0.1, 0.15) is 0 Å². The third-order valence-electron chi connectivity index (χ3n) is 7.00. The minimum absolute atomic E-state index is 0.00749. The molecule has 12 nitrogen and oxygen atoms in total. The third kappa shape index (κ3) is 6.00. The molecule has 2 heterocycles. The van der Waals surface area contributed by atoms with E-state index in [4.69, 9.17) is 16.5 Å². The molecular formula is C30H27N11O. The van der Waals surface area contributed by atoms with Crippen LogP contribution >= 0.6 is 0 Å². The van der Waals surface area contributed by atoms with E-state index in [1.807, 2.05) is 78.9 Å². The molecule has 4 aromatic rings. The summed E-state index contributed by atoms with van der Waals surface area (Å²) < 4.78 is 1.73. The maximum absolute atomic E-state index is 13.9. The van der Waals surface area contributed by atoms with Gasteiger partial charge in [-0.1, -0.05) is 77.0 Å². The van der Waals surface area contributed by atoms with Gasteiger partial charge in [0.25, 0.3) is 5.91 Å². The molecule has 0 spiro atoms. The molecule has 3 aromatic carbocycles. The van der Waals surface area contributed by atoms with Crippen molar-refractivity contribution < 1.29 is 4.79 Å². The highest BCUT2D eigenvalue weighted by molar-refractivity contribution is 6.27. The van der Waals surface area contributed by atoms with Crippen LogP contribution in [0.25, 0.3) is 26.5 Å². The number of fused-ring (bicyclic) bond motifs is 1. The van der Waals surface area contributed by atoms with Crippen molar-refractivity contribution in [2.75, 3.05) is 10.6 Å². The van der Waals surface area contributed by atoms with Crippen LogP contribution < -0.4 is 10.6 Å². The summed E-state index contributed by atoms with van der Waals surface area (Å²) in [5.74, 6) is -0.311. The van der Waals surface area contributed by atoms with Gasteiger partial charge in [-0.3, -0.25) is 9.48 Å². The van der Waals surface area contributed by atoms with E-state index < -0.39 is 0 Å². The molecule has 1 aliphatic rings. The summed E-state index contributed by atoms with van der Waals surface area (Å²) in [6, 6.07) is 22.5. The molecule has 1 atom stereocenters. The highest BCUT2D eigenvalue weighted by Gasteiger charge is 2.26. The molecule has 0 saturated heterocycles. The normalized spacial score (nSPS) is 13.5. The van der Waals surface area contributed by atoms with Crippen LogP contribution in [0.4, 0.5) is 11.4 Å². The standard InChI is InChI=1S/C30H27N11O/c1-19-29(28(17-35-40-33)41(38-19)18-22-8-6-20(15-31)7-9-22)37-30(42)25-14-27(36-26-5-3-2-4-24(25)26)23-12-10-21(11-13-23)16-34-39-32/h2-15,27,31,36H,16-18H2,1H3,(H,37,42). The molecule has 0 aliphatic carbocycles. The SMILES string of the molecule is Cc1nn(Cc2ccc(C=N)cc2)c(CN=[N+]=[N-])c1NC(=O)C1=CC(c2ccc(CN=[N+]=[N-])cc2)Nc2ccccc21. The number of nitrogens with one attached hydrogen (secondary N) is 3. The smallest absolute Gasteiger partial charge is 0.256 e. The number of carbonyl (C=O) groups is 1. The van der Waals surface area contributed by atoms with Crippen molar-refractivity contribution >= 4 is 29.1 Å². The minimum Gasteiger partial charge on any atom is -0.374 e. The van der Waals surface area contributed by atoms with Crippen molar-refractivity contribution in [1.82, 2.24) is 9.78 Å². The first-order valence-electron chi connectivity index (χ1n) is 13.2. The zero-order valence-electron chi connectivity index (χ0n) is 22.8. The van der Waals surface area contributed by atoms with Gasteiger partial charge in [0, 0.05) is 32.9 Å². The molecule has 1 aliphatic heterocycles. The summed E-state index contributed by atoms with van der Waals surface area (Å²) >= 11 is 0. The average Bonchev–Trinajstić information content (AvgIpc) is 3.31. The number of benzene rings is 3. The number of rotatable bonds is 10. The van der Waals surface area contributed by atoms with Crippen molar-refractivity contribution in [1.29, 1.82) is 5.41 Å². The summed E-state index contributed by atoms with van der Waals surface area (Å²) in [6.07, 6.45) is 3.17. The van der Waals surface area contributed by atoms with Gasteiger partial charge in [0.05, 0.1) is 42.8 Å². The second-order valence-electron chi connectivity index (χ2n) is 9.67. The monoisotopic (exact) mass is 557 g/mol. The fraction of sp³-hybridized carbons (Fsp3) is 0.167. The molecule has 1 aromatic heterocycles. The molecule has 0 bridgehead atoms. The van der Waals surface area contributed by atoms with Gasteiger partial charge in [0.2, 0.25) is 0 Å².